The van der Waals surface area contributed by atoms with E-state index in [4.69, 9.17) is 4.74 Å². The van der Waals surface area contributed by atoms with E-state index in [9.17, 15) is 14.0 Å². The number of benzene rings is 2. The summed E-state index contributed by atoms with van der Waals surface area (Å²) in [5.74, 6) is -0.847. The topological polar surface area (TPSA) is 55.4 Å². The molecule has 0 aliphatic carbocycles. The van der Waals surface area contributed by atoms with Crippen LogP contribution in [0.4, 0.5) is 10.1 Å². The Morgan fingerprint density at radius 1 is 1.12 bits per heavy atom. The molecule has 0 aliphatic rings. The molecule has 5 heteroatoms. The summed E-state index contributed by atoms with van der Waals surface area (Å²) < 4.78 is 18.1. The Bertz CT molecular complexity index is 698. The van der Waals surface area contributed by atoms with Gasteiger partial charge in [0.2, 0.25) is 5.91 Å². The Balaban J connectivity index is 1.84. The maximum Gasteiger partial charge on any atom is 0.338 e. The Kier molecular flexibility index (Phi) is 6.49. The molecule has 2 rings (SSSR count). The van der Waals surface area contributed by atoms with Crippen LogP contribution >= 0.6 is 0 Å². The average molecular weight is 329 g/mol. The highest BCUT2D eigenvalue weighted by molar-refractivity contribution is 5.93. The number of hydrogen-bond acceptors (Lipinski definition) is 3. The van der Waals surface area contributed by atoms with Crippen molar-refractivity contribution in [1.82, 2.24) is 0 Å². The zero-order valence-electron chi connectivity index (χ0n) is 13.5. The summed E-state index contributed by atoms with van der Waals surface area (Å²) in [5.41, 5.74) is 1.83. The van der Waals surface area contributed by atoms with Crippen LogP contribution in [0.25, 0.3) is 0 Å². The molecule has 0 heterocycles. The molecule has 0 saturated heterocycles. The fraction of sp³-hybridized carbons (Fsp3) is 0.263. The SMILES string of the molecule is CCCOC(=O)c1ccc(NC(=O)CCc2cccc(F)c2)cc1. The lowest BCUT2D eigenvalue weighted by Crippen LogP contribution is -2.12. The molecule has 1 amide bonds. The third-order valence-electron chi connectivity index (χ3n) is 3.37. The minimum absolute atomic E-state index is 0.166. The summed E-state index contributed by atoms with van der Waals surface area (Å²) in [4.78, 5) is 23.6. The second-order valence-corrected chi connectivity index (χ2v) is 5.39. The normalized spacial score (nSPS) is 10.2. The predicted octanol–water partition coefficient (Wildman–Crippen LogP) is 3.96. The minimum Gasteiger partial charge on any atom is -0.462 e. The molecule has 0 atom stereocenters. The van der Waals surface area contributed by atoms with Crippen LogP contribution in [0.3, 0.4) is 0 Å². The number of amides is 1. The monoisotopic (exact) mass is 329 g/mol. The van der Waals surface area contributed by atoms with Crippen molar-refractivity contribution in [1.29, 1.82) is 0 Å². The number of esters is 1. The van der Waals surface area contributed by atoms with E-state index in [1.807, 2.05) is 6.92 Å². The fourth-order valence-corrected chi connectivity index (χ4v) is 2.14. The van der Waals surface area contributed by atoms with E-state index in [0.717, 1.165) is 12.0 Å². The van der Waals surface area contributed by atoms with Gasteiger partial charge in [-0.2, -0.15) is 0 Å². The molecule has 24 heavy (non-hydrogen) atoms. The Morgan fingerprint density at radius 3 is 2.54 bits per heavy atom. The molecule has 2 aromatic rings. The molecule has 0 unspecified atom stereocenters. The molecule has 0 radical (unpaired) electrons. The van der Waals surface area contributed by atoms with Gasteiger partial charge in [0.1, 0.15) is 5.82 Å². The van der Waals surface area contributed by atoms with Crippen molar-refractivity contribution in [2.45, 2.75) is 26.2 Å². The van der Waals surface area contributed by atoms with E-state index < -0.39 is 0 Å². The van der Waals surface area contributed by atoms with Crippen LogP contribution in [0.2, 0.25) is 0 Å². The van der Waals surface area contributed by atoms with E-state index in [1.165, 1.54) is 12.1 Å². The highest BCUT2D eigenvalue weighted by Crippen LogP contribution is 2.12. The van der Waals surface area contributed by atoms with Gasteiger partial charge in [0.15, 0.2) is 0 Å². The molecule has 126 valence electrons. The van der Waals surface area contributed by atoms with Crippen LogP contribution < -0.4 is 5.32 Å². The van der Waals surface area contributed by atoms with Crippen molar-refractivity contribution in [2.75, 3.05) is 11.9 Å². The smallest absolute Gasteiger partial charge is 0.338 e. The van der Waals surface area contributed by atoms with E-state index in [-0.39, 0.29) is 24.1 Å². The van der Waals surface area contributed by atoms with Crippen molar-refractivity contribution in [3.05, 3.63) is 65.5 Å². The van der Waals surface area contributed by atoms with Crippen LogP contribution in [-0.4, -0.2) is 18.5 Å². The first kappa shape index (κ1) is 17.7. The van der Waals surface area contributed by atoms with Gasteiger partial charge in [-0.15, -0.1) is 0 Å². The Morgan fingerprint density at radius 2 is 1.88 bits per heavy atom. The maximum absolute atomic E-state index is 13.1. The number of halogens is 1. The van der Waals surface area contributed by atoms with Gasteiger partial charge >= 0.3 is 5.97 Å². The number of carbonyl (C=O) groups excluding carboxylic acids is 2. The van der Waals surface area contributed by atoms with Crippen molar-refractivity contribution in [3.63, 3.8) is 0 Å². The Hall–Kier alpha value is -2.69. The molecule has 0 bridgehead atoms. The summed E-state index contributed by atoms with van der Waals surface area (Å²) in [7, 11) is 0. The predicted molar refractivity (Wildman–Crippen MR) is 90.4 cm³/mol. The zero-order valence-corrected chi connectivity index (χ0v) is 13.5. The number of carbonyl (C=O) groups is 2. The van der Waals surface area contributed by atoms with E-state index in [0.29, 0.717) is 24.3 Å². The van der Waals surface area contributed by atoms with Crippen molar-refractivity contribution < 1.29 is 18.7 Å². The number of ether oxygens (including phenoxy) is 1. The second kappa shape index (κ2) is 8.82. The number of hydrogen-bond donors (Lipinski definition) is 1. The second-order valence-electron chi connectivity index (χ2n) is 5.39. The van der Waals surface area contributed by atoms with Gasteiger partial charge in [0.05, 0.1) is 12.2 Å². The third kappa shape index (κ3) is 5.50. The van der Waals surface area contributed by atoms with Gasteiger partial charge in [0, 0.05) is 12.1 Å². The standard InChI is InChI=1S/C19H20FNO3/c1-2-12-24-19(23)15-7-9-17(10-8-15)21-18(22)11-6-14-4-3-5-16(20)13-14/h3-5,7-10,13H,2,6,11-12H2,1H3,(H,21,22). The number of nitrogens with one attached hydrogen (secondary N) is 1. The molecule has 0 aliphatic heterocycles. The average Bonchev–Trinajstić information content (AvgIpc) is 2.58. The minimum atomic E-state index is -0.374. The first-order chi connectivity index (χ1) is 11.6. The highest BCUT2D eigenvalue weighted by Gasteiger charge is 2.08. The van der Waals surface area contributed by atoms with E-state index in [1.54, 1.807) is 36.4 Å². The summed E-state index contributed by atoms with van der Waals surface area (Å²) in [6.45, 7) is 2.31. The summed E-state index contributed by atoms with van der Waals surface area (Å²) in [5, 5.41) is 2.75. The van der Waals surface area contributed by atoms with Crippen LogP contribution in [-0.2, 0) is 16.0 Å². The lowest BCUT2D eigenvalue weighted by molar-refractivity contribution is -0.116. The number of aryl methyl sites for hydroxylation is 1. The number of anilines is 1. The van der Waals surface area contributed by atoms with Gasteiger partial charge in [-0.1, -0.05) is 19.1 Å². The van der Waals surface area contributed by atoms with Crippen LogP contribution in [0.15, 0.2) is 48.5 Å². The molecular weight excluding hydrogens is 309 g/mol. The van der Waals surface area contributed by atoms with Gasteiger partial charge in [-0.25, -0.2) is 9.18 Å². The zero-order chi connectivity index (χ0) is 17.4. The quantitative estimate of drug-likeness (QED) is 0.782. The number of rotatable bonds is 7. The van der Waals surface area contributed by atoms with Crippen LogP contribution in [0.5, 0.6) is 0 Å². The van der Waals surface area contributed by atoms with E-state index in [2.05, 4.69) is 5.32 Å². The van der Waals surface area contributed by atoms with Crippen molar-refractivity contribution >= 4 is 17.6 Å². The van der Waals surface area contributed by atoms with Crippen molar-refractivity contribution in [3.8, 4) is 0 Å². The molecule has 4 nitrogen and oxygen atoms in total. The van der Waals surface area contributed by atoms with E-state index >= 15 is 0 Å². The molecule has 0 fully saturated rings. The molecule has 0 saturated carbocycles. The Labute approximate surface area is 140 Å². The fourth-order valence-electron chi connectivity index (χ4n) is 2.14. The summed E-state index contributed by atoms with van der Waals surface area (Å²) in [6.07, 6.45) is 1.49. The largest absolute Gasteiger partial charge is 0.462 e. The van der Waals surface area contributed by atoms with Gasteiger partial charge in [-0.3, -0.25) is 4.79 Å². The molecule has 0 spiro atoms. The first-order valence-electron chi connectivity index (χ1n) is 7.90. The first-order valence-corrected chi connectivity index (χ1v) is 7.90. The van der Waals surface area contributed by atoms with Crippen LogP contribution in [0.1, 0.15) is 35.7 Å². The maximum atomic E-state index is 13.1. The molecule has 1 N–H and O–H groups in total. The van der Waals surface area contributed by atoms with Crippen LogP contribution in [0, 0.1) is 5.82 Å². The lowest BCUT2D eigenvalue weighted by atomic mass is 10.1. The van der Waals surface area contributed by atoms with Gasteiger partial charge in [0.25, 0.3) is 0 Å². The third-order valence-corrected chi connectivity index (χ3v) is 3.37. The van der Waals surface area contributed by atoms with Crippen molar-refractivity contribution in [2.24, 2.45) is 0 Å². The molecule has 0 aromatic heterocycles. The lowest BCUT2D eigenvalue weighted by Gasteiger charge is -2.07. The summed E-state index contributed by atoms with van der Waals surface area (Å²) >= 11 is 0. The summed E-state index contributed by atoms with van der Waals surface area (Å²) in [6, 6.07) is 12.7. The molecular formula is C19H20FNO3. The van der Waals surface area contributed by atoms with Gasteiger partial charge in [-0.05, 0) is 54.8 Å². The molecule has 2 aromatic carbocycles. The van der Waals surface area contributed by atoms with Gasteiger partial charge < -0.3 is 10.1 Å². The highest BCUT2D eigenvalue weighted by atomic mass is 19.1.